The van der Waals surface area contributed by atoms with E-state index in [0.29, 0.717) is 44.9 Å². The van der Waals surface area contributed by atoms with E-state index in [1.807, 2.05) is 151 Å². The van der Waals surface area contributed by atoms with Crippen molar-refractivity contribution in [3.8, 4) is 11.5 Å². The molecule has 4 aromatic rings. The summed E-state index contributed by atoms with van der Waals surface area (Å²) in [7, 11) is 3.23. The lowest BCUT2D eigenvalue weighted by Crippen LogP contribution is -2.34. The highest BCUT2D eigenvalue weighted by molar-refractivity contribution is 5.89. The third-order valence-corrected chi connectivity index (χ3v) is 13.4. The molecule has 2 fully saturated rings. The predicted molar refractivity (Wildman–Crippen MR) is 287 cm³/mol. The number of methoxy groups -OCH3 is 2. The first kappa shape index (κ1) is 61.0. The van der Waals surface area contributed by atoms with E-state index in [1.165, 1.54) is 0 Å². The number of carbonyl (C=O) groups is 6. The van der Waals surface area contributed by atoms with Gasteiger partial charge in [0.2, 0.25) is 0 Å². The van der Waals surface area contributed by atoms with Gasteiger partial charge in [-0.15, -0.1) is 0 Å². The van der Waals surface area contributed by atoms with Gasteiger partial charge in [0.25, 0.3) is 0 Å². The van der Waals surface area contributed by atoms with Crippen LogP contribution in [0.15, 0.2) is 109 Å². The predicted octanol–water partition coefficient (Wildman–Crippen LogP) is 11.2. The summed E-state index contributed by atoms with van der Waals surface area (Å²) >= 11 is 0. The molecule has 2 saturated carbocycles. The first-order valence-electron chi connectivity index (χ1n) is 26.2. The van der Waals surface area contributed by atoms with Gasteiger partial charge in [0, 0.05) is 18.4 Å². The maximum Gasteiger partial charge on any atom is 0.311 e. The Kier molecular flexibility index (Phi) is 24.0. The van der Waals surface area contributed by atoms with Crippen LogP contribution in [0, 0.1) is 22.7 Å². The molecule has 4 aromatic carbocycles. The van der Waals surface area contributed by atoms with Crippen molar-refractivity contribution < 1.29 is 62.3 Å². The van der Waals surface area contributed by atoms with Crippen LogP contribution >= 0.6 is 0 Å². The molecule has 2 atom stereocenters. The summed E-state index contributed by atoms with van der Waals surface area (Å²) in [5.41, 5.74) is 6.82. The van der Waals surface area contributed by atoms with Crippen molar-refractivity contribution in [3.05, 3.63) is 131 Å². The molecule has 2 unspecified atom stereocenters. The van der Waals surface area contributed by atoms with Crippen molar-refractivity contribution in [2.75, 3.05) is 20.8 Å². The summed E-state index contributed by atoms with van der Waals surface area (Å²) in [6.07, 6.45) is 7.81. The van der Waals surface area contributed by atoms with E-state index < -0.39 is 39.9 Å². The minimum absolute atomic E-state index is 0.0187. The Morgan fingerprint density at radius 3 is 1.28 bits per heavy atom. The molecule has 0 bridgehead atoms. The Labute approximate surface area is 444 Å². The van der Waals surface area contributed by atoms with Crippen LogP contribution in [0.3, 0.4) is 0 Å². The fourth-order valence-corrected chi connectivity index (χ4v) is 9.25. The molecule has 14 nitrogen and oxygen atoms in total. The Morgan fingerprint density at radius 1 is 0.533 bits per heavy atom. The summed E-state index contributed by atoms with van der Waals surface area (Å²) in [6, 6.07) is 34.1. The van der Waals surface area contributed by atoms with Gasteiger partial charge in [0.05, 0.1) is 44.3 Å². The summed E-state index contributed by atoms with van der Waals surface area (Å²) in [4.78, 5) is 74.4. The number of benzene rings is 4. The zero-order valence-corrected chi connectivity index (χ0v) is 45.5. The molecule has 0 spiro atoms. The zero-order valence-electron chi connectivity index (χ0n) is 45.5. The van der Waals surface area contributed by atoms with Gasteiger partial charge < -0.3 is 39.3 Å². The number of hydrogen-bond donors (Lipinski definition) is 2. The summed E-state index contributed by atoms with van der Waals surface area (Å²) in [6.45, 7) is 11.8. The monoisotopic (exact) mass is 1040 g/mol. The fourth-order valence-electron chi connectivity index (χ4n) is 9.25. The van der Waals surface area contributed by atoms with E-state index >= 15 is 0 Å². The molecule has 0 aliphatic heterocycles. The molecule has 6 rings (SSSR count). The van der Waals surface area contributed by atoms with Gasteiger partial charge in [-0.2, -0.15) is 0 Å². The lowest BCUT2D eigenvalue weighted by Gasteiger charge is -2.28. The van der Waals surface area contributed by atoms with Crippen molar-refractivity contribution in [1.29, 1.82) is 0 Å². The lowest BCUT2D eigenvalue weighted by molar-refractivity contribution is -0.161. The Morgan fingerprint density at radius 2 is 0.907 bits per heavy atom. The van der Waals surface area contributed by atoms with Crippen LogP contribution in [0.1, 0.15) is 141 Å². The van der Waals surface area contributed by atoms with E-state index in [4.69, 9.17) is 34.2 Å². The van der Waals surface area contributed by atoms with Crippen LogP contribution in [-0.2, 0) is 73.8 Å². The number of aliphatic carboxylic acids is 1. The number of rotatable bonds is 22. The molecule has 14 heteroatoms. The van der Waals surface area contributed by atoms with Gasteiger partial charge in [-0.1, -0.05) is 111 Å². The largest absolute Gasteiger partial charge is 0.497 e. The number of ketones is 1. The molecule has 3 N–H and O–H groups in total. The number of Topliss-reactive ketones (excluding diaryl/α,β-unsaturated/α-hetero) is 1. The second-order valence-electron chi connectivity index (χ2n) is 21.7. The maximum absolute atomic E-state index is 13.5. The van der Waals surface area contributed by atoms with Gasteiger partial charge in [-0.3, -0.25) is 28.8 Å². The molecule has 0 heterocycles. The number of carbonyl (C=O) groups excluding carboxylic acids is 5. The number of hydrogen-bond acceptors (Lipinski definition) is 13. The highest BCUT2D eigenvalue weighted by Gasteiger charge is 2.44. The van der Waals surface area contributed by atoms with Crippen LogP contribution in [0.5, 0.6) is 11.5 Å². The van der Waals surface area contributed by atoms with Crippen molar-refractivity contribution in [1.82, 2.24) is 0 Å². The maximum atomic E-state index is 13.5. The minimum Gasteiger partial charge on any atom is -0.497 e. The van der Waals surface area contributed by atoms with Gasteiger partial charge in [0.15, 0.2) is 0 Å². The van der Waals surface area contributed by atoms with Gasteiger partial charge in [-0.25, -0.2) is 0 Å². The Balaban J connectivity index is 0.000000269. The number of esters is 4. The molecule has 0 saturated heterocycles. The van der Waals surface area contributed by atoms with Gasteiger partial charge in [0.1, 0.15) is 41.7 Å². The number of carboxylic acid groups (broad SMARTS) is 1. The first-order valence-corrected chi connectivity index (χ1v) is 26.2. The van der Waals surface area contributed by atoms with Crippen LogP contribution in [0.4, 0.5) is 0 Å². The van der Waals surface area contributed by atoms with E-state index in [-0.39, 0.29) is 68.6 Å². The van der Waals surface area contributed by atoms with Crippen LogP contribution in [0.25, 0.3) is 0 Å². The van der Waals surface area contributed by atoms with E-state index in [0.717, 1.165) is 59.4 Å². The summed E-state index contributed by atoms with van der Waals surface area (Å²) in [5, 5.41) is 9.29. The second kappa shape index (κ2) is 29.5. The van der Waals surface area contributed by atoms with Crippen molar-refractivity contribution >= 4 is 35.6 Å². The fraction of sp³-hybridized carbons (Fsp3) is 0.508. The zero-order chi connectivity index (χ0) is 55.1. The first-order chi connectivity index (χ1) is 35.6. The molecule has 2 aliphatic carbocycles. The Bertz CT molecular complexity index is 2390. The SMILES string of the molecule is COc1ccc(CC(CCC(=O)C2(CC(=O)OCc3ccccc3)CCCC2)C(=O)OC(C)(C)C)cc1.COc1ccc(CC(CN)C(=O)OC(C)(C)C)cc1.O=C(CC1(C(=O)O)CCCC1)OCc1ccccc1. The average Bonchev–Trinajstić information content (AvgIpc) is 4.07. The third kappa shape index (κ3) is 21.3. The third-order valence-electron chi connectivity index (χ3n) is 13.4. The molecule has 75 heavy (non-hydrogen) atoms. The molecule has 2 aliphatic rings. The van der Waals surface area contributed by atoms with E-state index in [2.05, 4.69) is 0 Å². The second-order valence-corrected chi connectivity index (χ2v) is 21.7. The summed E-state index contributed by atoms with van der Waals surface area (Å²) in [5.74, 6) is -1.38. The number of carboxylic acids is 1. The molecular weight excluding hydrogens is 955 g/mol. The molecule has 0 amide bonds. The van der Waals surface area contributed by atoms with Crippen LogP contribution < -0.4 is 15.2 Å². The van der Waals surface area contributed by atoms with Gasteiger partial charge >= 0.3 is 29.8 Å². The van der Waals surface area contributed by atoms with E-state index in [9.17, 15) is 33.9 Å². The number of ether oxygens (including phenoxy) is 6. The Hall–Kier alpha value is -6.54. The quantitative estimate of drug-likeness (QED) is 0.0555. The van der Waals surface area contributed by atoms with Crippen LogP contribution in [-0.4, -0.2) is 72.7 Å². The molecule has 0 aromatic heterocycles. The molecule has 0 radical (unpaired) electrons. The molecule has 408 valence electrons. The number of nitrogens with two attached hydrogens (primary N) is 1. The average molecular weight is 1040 g/mol. The van der Waals surface area contributed by atoms with Crippen molar-refractivity contribution in [2.45, 2.75) is 156 Å². The smallest absolute Gasteiger partial charge is 0.311 e. The highest BCUT2D eigenvalue weighted by Crippen LogP contribution is 2.44. The standard InChI is InChI=1S/C31H40O6.C15H23NO3.C15H18O4/c1-30(2,3)37-29(34)25(20-23-12-15-26(35-4)16-13-23)14-17-27(32)31(18-8-9-19-31)21-28(33)36-22-24-10-6-5-7-11-24;1-15(2,3)19-14(17)12(10-16)9-11-5-7-13(18-4)8-6-11;16-13(19-11-12-6-2-1-3-7-12)10-15(14(17)18)8-4-5-9-15/h5-7,10-13,15-16,25H,8-9,14,17-22H2,1-4H3;5-8,12H,9-10,16H2,1-4H3;1-3,6-7H,4-5,8-11H2,(H,17,18). The summed E-state index contributed by atoms with van der Waals surface area (Å²) < 4.78 is 32.1. The van der Waals surface area contributed by atoms with Crippen molar-refractivity contribution in [2.24, 2.45) is 28.4 Å². The lowest BCUT2D eigenvalue weighted by atomic mass is 9.76. The topological polar surface area (TPSA) is 204 Å². The normalized spacial score (nSPS) is 15.3. The highest BCUT2D eigenvalue weighted by atomic mass is 16.6. The van der Waals surface area contributed by atoms with Crippen molar-refractivity contribution in [3.63, 3.8) is 0 Å². The minimum atomic E-state index is -0.895. The van der Waals surface area contributed by atoms with Crippen LogP contribution in [0.2, 0.25) is 0 Å². The van der Waals surface area contributed by atoms with E-state index in [1.54, 1.807) is 14.2 Å². The molecular formula is C61H81NO13. The van der Waals surface area contributed by atoms with Gasteiger partial charge in [-0.05, 0) is 133 Å².